The maximum absolute atomic E-state index is 10.8. The van der Waals surface area contributed by atoms with Gasteiger partial charge in [0.1, 0.15) is 11.8 Å². The Kier molecular flexibility index (Phi) is 2.49. The van der Waals surface area contributed by atoms with Gasteiger partial charge in [0.15, 0.2) is 0 Å². The molecule has 1 heterocycles. The number of hydrogen-bond donors (Lipinski definition) is 3. The van der Waals surface area contributed by atoms with E-state index in [-0.39, 0.29) is 0 Å². The average Bonchev–Trinajstić information content (AvgIpc) is 2.71. The molecular formula is C10H11N3O3. The lowest BCUT2D eigenvalue weighted by molar-refractivity contribution is -0.138. The lowest BCUT2D eigenvalue weighted by Gasteiger charge is -2.06. The Bertz CT molecular complexity index is 535. The zero-order valence-corrected chi connectivity index (χ0v) is 8.60. The number of fused-ring (bicyclic) bond motifs is 1. The molecule has 0 fully saturated rings. The molecule has 1 atom stereocenters. The number of nitrogens with two attached hydrogens (primary N) is 1. The quantitative estimate of drug-likeness (QED) is 0.706. The summed E-state index contributed by atoms with van der Waals surface area (Å²) in [6.45, 7) is 0. The number of methoxy groups -OCH3 is 1. The van der Waals surface area contributed by atoms with Gasteiger partial charge in [-0.25, -0.2) is 0 Å². The van der Waals surface area contributed by atoms with E-state index in [1.165, 1.54) is 7.11 Å². The van der Waals surface area contributed by atoms with Gasteiger partial charge in [-0.3, -0.25) is 9.89 Å². The Morgan fingerprint density at radius 1 is 1.62 bits per heavy atom. The molecule has 1 aromatic carbocycles. The number of H-pyrrole nitrogens is 1. The maximum atomic E-state index is 10.8. The van der Waals surface area contributed by atoms with Crippen molar-refractivity contribution in [2.75, 3.05) is 7.11 Å². The van der Waals surface area contributed by atoms with E-state index in [0.717, 1.165) is 0 Å². The van der Waals surface area contributed by atoms with E-state index in [1.807, 2.05) is 0 Å². The molecular weight excluding hydrogens is 210 g/mol. The van der Waals surface area contributed by atoms with Crippen molar-refractivity contribution in [2.45, 2.75) is 6.04 Å². The number of carbonyl (C=O) groups is 1. The molecule has 2 aromatic rings. The van der Waals surface area contributed by atoms with Crippen LogP contribution in [0, 0.1) is 0 Å². The van der Waals surface area contributed by atoms with Crippen LogP contribution in [0.25, 0.3) is 10.9 Å². The Balaban J connectivity index is 2.67. The summed E-state index contributed by atoms with van der Waals surface area (Å²) >= 11 is 0. The summed E-state index contributed by atoms with van der Waals surface area (Å²) in [7, 11) is 1.51. The van der Waals surface area contributed by atoms with Crippen LogP contribution in [0.4, 0.5) is 0 Å². The van der Waals surface area contributed by atoms with Crippen LogP contribution in [-0.4, -0.2) is 28.4 Å². The minimum absolute atomic E-state index is 0.347. The van der Waals surface area contributed by atoms with Crippen LogP contribution in [0.2, 0.25) is 0 Å². The third-order valence-electron chi connectivity index (χ3n) is 2.37. The third kappa shape index (κ3) is 1.49. The van der Waals surface area contributed by atoms with Crippen molar-refractivity contribution in [3.05, 3.63) is 23.9 Å². The number of carboxylic acids is 1. The zero-order valence-electron chi connectivity index (χ0n) is 8.60. The second kappa shape index (κ2) is 3.82. The number of benzene rings is 1. The highest BCUT2D eigenvalue weighted by atomic mass is 16.5. The van der Waals surface area contributed by atoms with Crippen molar-refractivity contribution in [1.82, 2.24) is 10.2 Å². The molecule has 0 aliphatic rings. The van der Waals surface area contributed by atoms with Crippen LogP contribution in [-0.2, 0) is 4.79 Å². The van der Waals surface area contributed by atoms with Gasteiger partial charge in [-0.15, -0.1) is 0 Å². The molecule has 0 amide bonds. The smallest absolute Gasteiger partial charge is 0.326 e. The first kappa shape index (κ1) is 10.4. The minimum atomic E-state index is -1.14. The standard InChI is InChI=1S/C10H11N3O3/c1-16-6-4-2-3-5-7(6)9(13-12-5)8(11)10(14)15/h2-4,8H,11H2,1H3,(H,12,13)(H,14,15). The highest BCUT2D eigenvalue weighted by Gasteiger charge is 2.21. The maximum Gasteiger partial charge on any atom is 0.326 e. The van der Waals surface area contributed by atoms with Gasteiger partial charge in [-0.2, -0.15) is 5.10 Å². The first-order chi connectivity index (χ1) is 7.65. The Morgan fingerprint density at radius 2 is 2.38 bits per heavy atom. The van der Waals surface area contributed by atoms with Gasteiger partial charge in [0.05, 0.1) is 23.7 Å². The molecule has 0 aliphatic heterocycles. The summed E-state index contributed by atoms with van der Waals surface area (Å²) in [4.78, 5) is 10.8. The molecule has 1 unspecified atom stereocenters. The fraction of sp³-hybridized carbons (Fsp3) is 0.200. The second-order valence-electron chi connectivity index (χ2n) is 3.31. The predicted octanol–water partition coefficient (Wildman–Crippen LogP) is 0.656. The molecule has 6 nitrogen and oxygen atoms in total. The molecule has 1 aromatic heterocycles. The number of aromatic nitrogens is 2. The topological polar surface area (TPSA) is 101 Å². The van der Waals surface area contributed by atoms with Crippen molar-refractivity contribution >= 4 is 16.9 Å². The lowest BCUT2D eigenvalue weighted by Crippen LogP contribution is -2.21. The van der Waals surface area contributed by atoms with Crippen molar-refractivity contribution in [2.24, 2.45) is 5.73 Å². The third-order valence-corrected chi connectivity index (χ3v) is 2.37. The van der Waals surface area contributed by atoms with Crippen molar-refractivity contribution in [3.8, 4) is 5.75 Å². The summed E-state index contributed by atoms with van der Waals surface area (Å²) in [5, 5.41) is 16.1. The van der Waals surface area contributed by atoms with Crippen LogP contribution in [0.5, 0.6) is 5.75 Å². The number of ether oxygens (including phenoxy) is 1. The van der Waals surface area contributed by atoms with Crippen LogP contribution >= 0.6 is 0 Å². The number of hydrogen-bond acceptors (Lipinski definition) is 4. The number of nitrogens with zero attached hydrogens (tertiary/aromatic N) is 1. The largest absolute Gasteiger partial charge is 0.496 e. The number of aliphatic carboxylic acids is 1. The van der Waals surface area contributed by atoms with Gasteiger partial charge in [0.2, 0.25) is 0 Å². The monoisotopic (exact) mass is 221 g/mol. The van der Waals surface area contributed by atoms with Gasteiger partial charge in [0, 0.05) is 0 Å². The molecule has 0 saturated carbocycles. The second-order valence-corrected chi connectivity index (χ2v) is 3.31. The molecule has 0 spiro atoms. The average molecular weight is 221 g/mol. The highest BCUT2D eigenvalue weighted by molar-refractivity contribution is 5.91. The molecule has 84 valence electrons. The van der Waals surface area contributed by atoms with Crippen molar-refractivity contribution < 1.29 is 14.6 Å². The molecule has 2 rings (SSSR count). The fourth-order valence-corrected chi connectivity index (χ4v) is 1.58. The predicted molar refractivity (Wildman–Crippen MR) is 57.2 cm³/mol. The van der Waals surface area contributed by atoms with E-state index in [4.69, 9.17) is 15.6 Å². The molecule has 0 aliphatic carbocycles. The zero-order chi connectivity index (χ0) is 11.7. The van der Waals surface area contributed by atoms with E-state index in [1.54, 1.807) is 18.2 Å². The van der Waals surface area contributed by atoms with Gasteiger partial charge >= 0.3 is 5.97 Å². The Labute approximate surface area is 91.0 Å². The summed E-state index contributed by atoms with van der Waals surface area (Å²) in [6, 6.07) is 4.13. The van der Waals surface area contributed by atoms with E-state index < -0.39 is 12.0 Å². The molecule has 6 heteroatoms. The van der Waals surface area contributed by atoms with Crippen molar-refractivity contribution in [1.29, 1.82) is 0 Å². The van der Waals surface area contributed by atoms with E-state index in [9.17, 15) is 4.79 Å². The molecule has 0 saturated heterocycles. The summed E-state index contributed by atoms with van der Waals surface area (Å²) in [5.74, 6) is -0.561. The number of nitrogens with one attached hydrogen (secondary N) is 1. The van der Waals surface area contributed by atoms with E-state index in [0.29, 0.717) is 22.3 Å². The van der Waals surface area contributed by atoms with Crippen LogP contribution in [0.3, 0.4) is 0 Å². The van der Waals surface area contributed by atoms with Gasteiger partial charge in [-0.05, 0) is 12.1 Å². The van der Waals surface area contributed by atoms with Gasteiger partial charge in [-0.1, -0.05) is 6.07 Å². The fourth-order valence-electron chi connectivity index (χ4n) is 1.58. The first-order valence-electron chi connectivity index (χ1n) is 4.64. The minimum Gasteiger partial charge on any atom is -0.496 e. The van der Waals surface area contributed by atoms with E-state index >= 15 is 0 Å². The SMILES string of the molecule is COc1cccc2n[nH]c(C(N)C(=O)O)c12. The van der Waals surface area contributed by atoms with Crippen LogP contribution in [0.1, 0.15) is 11.7 Å². The summed E-state index contributed by atoms with van der Waals surface area (Å²) < 4.78 is 5.15. The first-order valence-corrected chi connectivity index (χ1v) is 4.64. The Hall–Kier alpha value is -2.08. The number of carboxylic acid groups (broad SMARTS) is 1. The molecule has 0 radical (unpaired) electrons. The van der Waals surface area contributed by atoms with Crippen LogP contribution in [0.15, 0.2) is 18.2 Å². The molecule has 4 N–H and O–H groups in total. The summed E-state index contributed by atoms with van der Waals surface area (Å²) in [5.41, 5.74) is 6.52. The van der Waals surface area contributed by atoms with E-state index in [2.05, 4.69) is 10.2 Å². The van der Waals surface area contributed by atoms with Gasteiger partial charge in [0.25, 0.3) is 0 Å². The van der Waals surface area contributed by atoms with Crippen LogP contribution < -0.4 is 10.5 Å². The molecule has 0 bridgehead atoms. The number of rotatable bonds is 3. The molecule has 16 heavy (non-hydrogen) atoms. The number of aromatic amines is 1. The lowest BCUT2D eigenvalue weighted by atomic mass is 10.1. The normalized spacial score (nSPS) is 12.6. The van der Waals surface area contributed by atoms with Crippen molar-refractivity contribution in [3.63, 3.8) is 0 Å². The highest BCUT2D eigenvalue weighted by Crippen LogP contribution is 2.29. The Morgan fingerprint density at radius 3 is 3.00 bits per heavy atom. The van der Waals surface area contributed by atoms with Gasteiger partial charge < -0.3 is 15.6 Å². The summed E-state index contributed by atoms with van der Waals surface area (Å²) in [6.07, 6.45) is 0.